The number of hydrogen-bond acceptors (Lipinski definition) is 4. The molecular weight excluding hydrogens is 529 g/mol. The molecular formula is C26H38IN3O3. The summed E-state index contributed by atoms with van der Waals surface area (Å²) in [6.45, 7) is 6.00. The number of guanidine groups is 1. The highest BCUT2D eigenvalue weighted by Crippen LogP contribution is 2.41. The number of rotatable bonds is 10. The lowest BCUT2D eigenvalue weighted by Gasteiger charge is -2.30. The van der Waals surface area contributed by atoms with Crippen molar-refractivity contribution in [1.29, 1.82) is 0 Å². The maximum absolute atomic E-state index is 5.85. The van der Waals surface area contributed by atoms with Crippen molar-refractivity contribution in [3.05, 3.63) is 54.0 Å². The summed E-state index contributed by atoms with van der Waals surface area (Å²) in [7, 11) is 0. The monoisotopic (exact) mass is 567 g/mol. The van der Waals surface area contributed by atoms with Gasteiger partial charge in [0.15, 0.2) is 5.96 Å². The van der Waals surface area contributed by atoms with Crippen LogP contribution in [0.25, 0.3) is 0 Å². The summed E-state index contributed by atoms with van der Waals surface area (Å²) < 4.78 is 17.0. The highest BCUT2D eigenvalue weighted by Gasteiger charge is 2.33. The Labute approximate surface area is 214 Å². The molecule has 0 spiro atoms. The van der Waals surface area contributed by atoms with Crippen molar-refractivity contribution in [3.8, 4) is 5.75 Å². The van der Waals surface area contributed by atoms with E-state index in [4.69, 9.17) is 18.9 Å². The lowest BCUT2D eigenvalue weighted by Crippen LogP contribution is -2.42. The van der Waals surface area contributed by atoms with Crippen LogP contribution >= 0.6 is 24.0 Å². The average molecular weight is 568 g/mol. The Balaban J connectivity index is 0.00000306. The lowest BCUT2D eigenvalue weighted by molar-refractivity contribution is 0.107. The van der Waals surface area contributed by atoms with Crippen molar-refractivity contribution in [3.63, 3.8) is 0 Å². The van der Waals surface area contributed by atoms with E-state index in [0.29, 0.717) is 6.61 Å². The maximum atomic E-state index is 5.85. The van der Waals surface area contributed by atoms with Gasteiger partial charge in [0, 0.05) is 44.7 Å². The SMILES string of the molecule is CCOCCC1(CN=C(NCCc2ccco2)NC2CCOc3ccccc32)CCCC1.I. The third kappa shape index (κ3) is 7.37. The van der Waals surface area contributed by atoms with Crippen LogP contribution < -0.4 is 15.4 Å². The van der Waals surface area contributed by atoms with Crippen LogP contribution in [0, 0.1) is 5.41 Å². The molecule has 0 radical (unpaired) electrons. The van der Waals surface area contributed by atoms with E-state index in [1.54, 1.807) is 6.26 Å². The fraction of sp³-hybridized carbons (Fsp3) is 0.577. The minimum Gasteiger partial charge on any atom is -0.493 e. The Morgan fingerprint density at radius 3 is 2.82 bits per heavy atom. The van der Waals surface area contributed by atoms with Gasteiger partial charge >= 0.3 is 0 Å². The van der Waals surface area contributed by atoms with Gasteiger partial charge in [-0.05, 0) is 49.8 Å². The first-order chi connectivity index (χ1) is 15.8. The Hall–Kier alpha value is -1.74. The molecule has 0 amide bonds. The molecule has 4 rings (SSSR count). The predicted molar refractivity (Wildman–Crippen MR) is 143 cm³/mol. The van der Waals surface area contributed by atoms with E-state index in [1.807, 2.05) is 24.3 Å². The Morgan fingerprint density at radius 2 is 2.03 bits per heavy atom. The highest BCUT2D eigenvalue weighted by molar-refractivity contribution is 14.0. The van der Waals surface area contributed by atoms with E-state index in [9.17, 15) is 0 Å². The normalized spacial score (nSPS) is 19.3. The second kappa shape index (κ2) is 13.2. The molecule has 2 aromatic rings. The van der Waals surface area contributed by atoms with Gasteiger partial charge in [-0.3, -0.25) is 4.99 Å². The number of aliphatic imine (C=N–C) groups is 1. The summed E-state index contributed by atoms with van der Waals surface area (Å²) in [6, 6.07) is 12.4. The Kier molecular flexibility index (Phi) is 10.4. The molecule has 1 atom stereocenters. The zero-order chi connectivity index (χ0) is 22.1. The largest absolute Gasteiger partial charge is 0.493 e. The van der Waals surface area contributed by atoms with Crippen molar-refractivity contribution >= 4 is 29.9 Å². The van der Waals surface area contributed by atoms with Crippen LogP contribution in [-0.2, 0) is 11.2 Å². The topological polar surface area (TPSA) is 68.0 Å². The smallest absolute Gasteiger partial charge is 0.191 e. The van der Waals surface area contributed by atoms with E-state index < -0.39 is 0 Å². The van der Waals surface area contributed by atoms with Crippen LogP contribution in [0.2, 0.25) is 0 Å². The molecule has 1 fully saturated rings. The van der Waals surface area contributed by atoms with Crippen LogP contribution in [0.3, 0.4) is 0 Å². The van der Waals surface area contributed by atoms with Crippen molar-refractivity contribution < 1.29 is 13.9 Å². The summed E-state index contributed by atoms with van der Waals surface area (Å²) in [4.78, 5) is 5.11. The summed E-state index contributed by atoms with van der Waals surface area (Å²) in [5.74, 6) is 2.83. The van der Waals surface area contributed by atoms with Crippen molar-refractivity contribution in [2.45, 2.75) is 57.9 Å². The number of nitrogens with one attached hydrogen (secondary N) is 2. The van der Waals surface area contributed by atoms with Crippen molar-refractivity contribution in [2.24, 2.45) is 10.4 Å². The van der Waals surface area contributed by atoms with Crippen molar-refractivity contribution in [2.75, 3.05) is 32.9 Å². The van der Waals surface area contributed by atoms with Gasteiger partial charge in [0.2, 0.25) is 0 Å². The fourth-order valence-electron chi connectivity index (χ4n) is 4.86. The first kappa shape index (κ1) is 25.9. The molecule has 1 aromatic carbocycles. The number of ether oxygens (including phenoxy) is 2. The maximum Gasteiger partial charge on any atom is 0.191 e. The molecule has 1 aromatic heterocycles. The summed E-state index contributed by atoms with van der Waals surface area (Å²) in [5.41, 5.74) is 1.46. The van der Waals surface area contributed by atoms with Gasteiger partial charge in [-0.1, -0.05) is 31.0 Å². The second-order valence-electron chi connectivity index (χ2n) is 8.95. The molecule has 2 heterocycles. The molecule has 1 unspecified atom stereocenters. The molecule has 2 aliphatic rings. The van der Waals surface area contributed by atoms with E-state index in [1.165, 1.54) is 31.2 Å². The van der Waals surface area contributed by atoms with Crippen molar-refractivity contribution in [1.82, 2.24) is 10.6 Å². The Morgan fingerprint density at radius 1 is 1.18 bits per heavy atom. The molecule has 1 aliphatic heterocycles. The molecule has 6 nitrogen and oxygen atoms in total. The van der Waals surface area contributed by atoms with Crippen LogP contribution in [0.5, 0.6) is 5.75 Å². The standard InChI is InChI=1S/C26H37N3O3.HI/c1-2-30-19-15-26(13-5-6-14-26)20-28-25(27-16-11-21-8-7-17-31-21)29-23-12-18-32-24-10-4-3-9-22(23)24;/h3-4,7-10,17,23H,2,5-6,11-16,18-20H2,1H3,(H2,27,28,29);1H. The number of furan rings is 1. The summed E-state index contributed by atoms with van der Waals surface area (Å²) in [5, 5.41) is 7.25. The number of halogens is 1. The van der Waals surface area contributed by atoms with Crippen LogP contribution in [0.15, 0.2) is 52.1 Å². The number of para-hydroxylation sites is 1. The number of fused-ring (bicyclic) bond motifs is 1. The first-order valence-corrected chi connectivity index (χ1v) is 12.1. The third-order valence-electron chi connectivity index (χ3n) is 6.73. The van der Waals surface area contributed by atoms with Gasteiger partial charge in [0.05, 0.1) is 18.9 Å². The number of benzene rings is 1. The zero-order valence-electron chi connectivity index (χ0n) is 19.7. The van der Waals surface area contributed by atoms with E-state index in [2.05, 4.69) is 29.7 Å². The van der Waals surface area contributed by atoms with Gasteiger partial charge in [-0.15, -0.1) is 24.0 Å². The quantitative estimate of drug-likeness (QED) is 0.172. The second-order valence-corrected chi connectivity index (χ2v) is 8.95. The summed E-state index contributed by atoms with van der Waals surface area (Å²) >= 11 is 0. The Bertz CT molecular complexity index is 850. The van der Waals surface area contributed by atoms with Crippen LogP contribution in [-0.4, -0.2) is 38.9 Å². The van der Waals surface area contributed by atoms with E-state index in [0.717, 1.165) is 63.0 Å². The highest BCUT2D eigenvalue weighted by atomic mass is 127. The molecule has 33 heavy (non-hydrogen) atoms. The van der Waals surface area contributed by atoms with Crippen LogP contribution in [0.4, 0.5) is 0 Å². The van der Waals surface area contributed by atoms with Gasteiger partial charge in [0.25, 0.3) is 0 Å². The minimum atomic E-state index is 0. The molecule has 2 N–H and O–H groups in total. The van der Waals surface area contributed by atoms with Gasteiger partial charge < -0.3 is 24.5 Å². The molecule has 0 saturated heterocycles. The van der Waals surface area contributed by atoms with Gasteiger partial charge in [0.1, 0.15) is 11.5 Å². The molecule has 1 aliphatic carbocycles. The first-order valence-electron chi connectivity index (χ1n) is 12.1. The molecule has 182 valence electrons. The fourth-order valence-corrected chi connectivity index (χ4v) is 4.86. The number of nitrogens with zero attached hydrogens (tertiary/aromatic N) is 1. The molecule has 7 heteroatoms. The van der Waals surface area contributed by atoms with E-state index >= 15 is 0 Å². The molecule has 1 saturated carbocycles. The minimum absolute atomic E-state index is 0. The lowest BCUT2D eigenvalue weighted by atomic mass is 9.83. The summed E-state index contributed by atoms with van der Waals surface area (Å²) in [6.07, 6.45) is 9.63. The zero-order valence-corrected chi connectivity index (χ0v) is 22.0. The molecule has 0 bridgehead atoms. The number of hydrogen-bond donors (Lipinski definition) is 2. The average Bonchev–Trinajstić information content (AvgIpc) is 3.51. The van der Waals surface area contributed by atoms with Gasteiger partial charge in [-0.25, -0.2) is 0 Å². The third-order valence-corrected chi connectivity index (χ3v) is 6.73. The van der Waals surface area contributed by atoms with Crippen LogP contribution in [0.1, 0.15) is 62.8 Å². The van der Waals surface area contributed by atoms with E-state index in [-0.39, 0.29) is 35.4 Å². The van der Waals surface area contributed by atoms with Gasteiger partial charge in [-0.2, -0.15) is 0 Å². The predicted octanol–water partition coefficient (Wildman–Crippen LogP) is 5.49.